The summed E-state index contributed by atoms with van der Waals surface area (Å²) in [5, 5.41) is 2.52. The number of cyclic esters (lactones) is 1. The van der Waals surface area contributed by atoms with E-state index in [0.717, 1.165) is 17.0 Å². The fraction of sp³-hybridized carbons (Fsp3) is 0.407. The predicted molar refractivity (Wildman–Crippen MR) is 140 cm³/mol. The average molecular weight is 598 g/mol. The molecule has 15 heteroatoms. The molecule has 1 aromatic carbocycles. The van der Waals surface area contributed by atoms with Gasteiger partial charge in [-0.2, -0.15) is 13.2 Å². The molecule has 2 fully saturated rings. The lowest BCUT2D eigenvalue weighted by atomic mass is 10.1. The van der Waals surface area contributed by atoms with Crippen molar-refractivity contribution in [2.24, 2.45) is 0 Å². The SMILES string of the molecule is C=C(CC[C@H]1CN(c2cc(F)c(N3CCN(C(=O)CNC(=O)c4cccnc4)CC3)c(F)c2)C(=O)O1)OCC(F)(F)F. The Hall–Kier alpha value is -4.43. The van der Waals surface area contributed by atoms with Crippen molar-refractivity contribution in [3.05, 3.63) is 66.2 Å². The zero-order valence-corrected chi connectivity index (χ0v) is 22.3. The van der Waals surface area contributed by atoms with E-state index in [9.17, 15) is 27.6 Å². The summed E-state index contributed by atoms with van der Waals surface area (Å²) in [6, 6.07) is 5.15. The van der Waals surface area contributed by atoms with Crippen LogP contribution in [0.1, 0.15) is 23.2 Å². The Balaban J connectivity index is 1.28. The van der Waals surface area contributed by atoms with E-state index in [0.29, 0.717) is 5.56 Å². The Labute approximate surface area is 237 Å². The minimum atomic E-state index is -4.51. The standard InChI is InChI=1S/C27H28F5N5O5/c1-17(41-16-27(30,31)32)4-5-20-15-37(26(40)42-20)19-11-21(28)24(22(29)12-19)36-9-7-35(8-10-36)23(38)14-34-25(39)18-3-2-6-33-13-18/h2-3,6,11-13,20H,1,4-5,7-10,14-16H2,(H,34,39)/t20-/m0/s1. The lowest BCUT2D eigenvalue weighted by molar-refractivity contribution is -0.165. The number of benzene rings is 1. The van der Waals surface area contributed by atoms with E-state index >= 15 is 8.78 Å². The van der Waals surface area contributed by atoms with Gasteiger partial charge in [0, 0.05) is 57.1 Å². The number of amides is 3. The van der Waals surface area contributed by atoms with E-state index in [1.165, 1.54) is 22.2 Å². The van der Waals surface area contributed by atoms with Gasteiger partial charge in [-0.25, -0.2) is 13.6 Å². The first-order valence-electron chi connectivity index (χ1n) is 13.0. The third-order valence-corrected chi connectivity index (χ3v) is 6.65. The Bertz CT molecular complexity index is 1300. The number of rotatable bonds is 10. The Kier molecular flexibility index (Phi) is 9.48. The smallest absolute Gasteiger partial charge is 0.422 e. The van der Waals surface area contributed by atoms with Crippen LogP contribution in [0.4, 0.5) is 38.1 Å². The number of aromatic nitrogens is 1. The molecule has 0 saturated carbocycles. The molecule has 0 spiro atoms. The van der Waals surface area contributed by atoms with E-state index in [-0.39, 0.29) is 75.2 Å². The number of alkyl halides is 3. The maximum absolute atomic E-state index is 15.1. The second-order valence-electron chi connectivity index (χ2n) is 9.65. The molecule has 226 valence electrons. The number of piperazine rings is 1. The van der Waals surface area contributed by atoms with Crippen molar-refractivity contribution in [3.8, 4) is 0 Å². The predicted octanol–water partition coefficient (Wildman–Crippen LogP) is 3.64. The van der Waals surface area contributed by atoms with Gasteiger partial charge in [0.2, 0.25) is 5.91 Å². The minimum absolute atomic E-state index is 0.00508. The van der Waals surface area contributed by atoms with Crippen molar-refractivity contribution >= 4 is 29.3 Å². The maximum atomic E-state index is 15.1. The van der Waals surface area contributed by atoms with Crippen LogP contribution in [-0.2, 0) is 14.3 Å². The highest BCUT2D eigenvalue weighted by Gasteiger charge is 2.34. The number of anilines is 2. The number of nitrogens with zero attached hydrogens (tertiary/aromatic N) is 4. The molecule has 42 heavy (non-hydrogen) atoms. The minimum Gasteiger partial charge on any atom is -0.489 e. The summed E-state index contributed by atoms with van der Waals surface area (Å²) in [5.74, 6) is -2.76. The first kappa shape index (κ1) is 30.5. The van der Waals surface area contributed by atoms with Gasteiger partial charge in [-0.15, -0.1) is 0 Å². The Morgan fingerprint density at radius 3 is 2.45 bits per heavy atom. The number of carbonyl (C=O) groups is 3. The van der Waals surface area contributed by atoms with Crippen LogP contribution >= 0.6 is 0 Å². The molecule has 0 radical (unpaired) electrons. The quantitative estimate of drug-likeness (QED) is 0.330. The first-order valence-corrected chi connectivity index (χ1v) is 13.0. The number of carbonyl (C=O) groups excluding carboxylic acids is 3. The number of allylic oxidation sites excluding steroid dienone is 1. The number of ether oxygens (including phenoxy) is 2. The molecule has 3 heterocycles. The summed E-state index contributed by atoms with van der Waals surface area (Å²) in [6.45, 7) is 2.21. The van der Waals surface area contributed by atoms with Crippen LogP contribution in [0.5, 0.6) is 0 Å². The molecule has 0 unspecified atom stereocenters. The lowest BCUT2D eigenvalue weighted by Crippen LogP contribution is -2.51. The fourth-order valence-corrected chi connectivity index (χ4v) is 4.52. The second-order valence-corrected chi connectivity index (χ2v) is 9.65. The number of pyridine rings is 1. The lowest BCUT2D eigenvalue weighted by Gasteiger charge is -2.36. The molecular formula is C27H28F5N5O5. The third-order valence-electron chi connectivity index (χ3n) is 6.65. The van der Waals surface area contributed by atoms with Crippen molar-refractivity contribution in [2.45, 2.75) is 25.1 Å². The molecule has 1 atom stereocenters. The van der Waals surface area contributed by atoms with Crippen molar-refractivity contribution < 1.29 is 45.8 Å². The summed E-state index contributed by atoms with van der Waals surface area (Å²) in [5.41, 5.74) is -0.0767. The number of nitrogens with one attached hydrogen (secondary N) is 1. The Morgan fingerprint density at radius 2 is 1.83 bits per heavy atom. The zero-order chi connectivity index (χ0) is 30.4. The van der Waals surface area contributed by atoms with E-state index in [1.807, 2.05) is 0 Å². The van der Waals surface area contributed by atoms with Gasteiger partial charge in [0.25, 0.3) is 5.91 Å². The van der Waals surface area contributed by atoms with Gasteiger partial charge in [-0.3, -0.25) is 19.5 Å². The molecule has 1 N–H and O–H groups in total. The molecule has 3 amide bonds. The molecule has 2 aromatic rings. The van der Waals surface area contributed by atoms with E-state index < -0.39 is 42.5 Å². The molecule has 0 aliphatic carbocycles. The normalized spacial score (nSPS) is 17.2. The summed E-state index contributed by atoms with van der Waals surface area (Å²) in [4.78, 5) is 44.8. The molecule has 1 aromatic heterocycles. The molecule has 4 rings (SSSR count). The zero-order valence-electron chi connectivity index (χ0n) is 22.3. The number of halogens is 5. The molecular weight excluding hydrogens is 569 g/mol. The largest absolute Gasteiger partial charge is 0.489 e. The van der Waals surface area contributed by atoms with E-state index in [4.69, 9.17) is 4.74 Å². The van der Waals surface area contributed by atoms with Gasteiger partial charge in [0.1, 0.15) is 11.8 Å². The molecule has 0 bridgehead atoms. The van der Waals surface area contributed by atoms with Gasteiger partial charge < -0.3 is 24.6 Å². The monoisotopic (exact) mass is 597 g/mol. The summed E-state index contributed by atoms with van der Waals surface area (Å²) >= 11 is 0. The van der Waals surface area contributed by atoms with Crippen molar-refractivity contribution in [2.75, 3.05) is 55.7 Å². The molecule has 2 saturated heterocycles. The highest BCUT2D eigenvalue weighted by atomic mass is 19.4. The summed E-state index contributed by atoms with van der Waals surface area (Å²) < 4.78 is 76.8. The highest BCUT2D eigenvalue weighted by molar-refractivity contribution is 5.96. The maximum Gasteiger partial charge on any atom is 0.422 e. The van der Waals surface area contributed by atoms with Crippen LogP contribution < -0.4 is 15.1 Å². The molecule has 2 aliphatic rings. The first-order chi connectivity index (χ1) is 19.9. The Morgan fingerprint density at radius 1 is 1.14 bits per heavy atom. The van der Waals surface area contributed by atoms with Gasteiger partial charge in [-0.05, 0) is 18.6 Å². The van der Waals surface area contributed by atoms with Crippen LogP contribution in [0, 0.1) is 11.6 Å². The van der Waals surface area contributed by atoms with Crippen LogP contribution in [0.25, 0.3) is 0 Å². The molecule has 2 aliphatic heterocycles. The van der Waals surface area contributed by atoms with Crippen LogP contribution in [0.15, 0.2) is 49.0 Å². The fourth-order valence-electron chi connectivity index (χ4n) is 4.52. The van der Waals surface area contributed by atoms with Crippen molar-refractivity contribution in [1.29, 1.82) is 0 Å². The van der Waals surface area contributed by atoms with Crippen LogP contribution in [0.3, 0.4) is 0 Å². The third kappa shape index (κ3) is 7.85. The van der Waals surface area contributed by atoms with E-state index in [2.05, 4.69) is 21.6 Å². The van der Waals surface area contributed by atoms with E-state index in [1.54, 1.807) is 12.1 Å². The highest BCUT2D eigenvalue weighted by Crippen LogP contribution is 2.32. The van der Waals surface area contributed by atoms with Crippen molar-refractivity contribution in [1.82, 2.24) is 15.2 Å². The average Bonchev–Trinajstić information content (AvgIpc) is 3.33. The second kappa shape index (κ2) is 13.0. The van der Waals surface area contributed by atoms with Crippen LogP contribution in [-0.4, -0.2) is 85.9 Å². The summed E-state index contributed by atoms with van der Waals surface area (Å²) in [6.07, 6.45) is -3.11. The summed E-state index contributed by atoms with van der Waals surface area (Å²) in [7, 11) is 0. The van der Waals surface area contributed by atoms with Crippen molar-refractivity contribution in [3.63, 3.8) is 0 Å². The van der Waals surface area contributed by atoms with Crippen LogP contribution in [0.2, 0.25) is 0 Å². The van der Waals surface area contributed by atoms with Gasteiger partial charge in [0.15, 0.2) is 18.2 Å². The topological polar surface area (TPSA) is 104 Å². The number of hydrogen-bond donors (Lipinski definition) is 1. The van der Waals surface area contributed by atoms with Gasteiger partial charge >= 0.3 is 12.3 Å². The number of hydrogen-bond acceptors (Lipinski definition) is 7. The molecule has 10 nitrogen and oxygen atoms in total. The van der Waals surface area contributed by atoms with Gasteiger partial charge in [-0.1, -0.05) is 6.58 Å². The van der Waals surface area contributed by atoms with Gasteiger partial charge in [0.05, 0.1) is 30.1 Å².